The first-order chi connectivity index (χ1) is 28.5. The molecule has 3 heterocycles. The number of anilines is 2. The van der Waals surface area contributed by atoms with Crippen molar-refractivity contribution in [2.75, 3.05) is 4.90 Å². The van der Waals surface area contributed by atoms with Gasteiger partial charge in [0.15, 0.2) is 0 Å². The van der Waals surface area contributed by atoms with E-state index in [1.54, 1.807) is 16.7 Å². The van der Waals surface area contributed by atoms with E-state index >= 15 is 0 Å². The summed E-state index contributed by atoms with van der Waals surface area (Å²) in [4.78, 5) is 7.40. The van der Waals surface area contributed by atoms with Crippen molar-refractivity contribution >= 4 is 33.2 Å². The number of rotatable bonds is 4. The quantitative estimate of drug-likeness (QED) is 0.178. The third-order valence-corrected chi connectivity index (χ3v) is 15.3. The lowest BCUT2D eigenvalue weighted by molar-refractivity contribution is 0.566. The summed E-state index contributed by atoms with van der Waals surface area (Å²) >= 11 is 0. The molecule has 0 spiro atoms. The third kappa shape index (κ3) is 4.73. The first-order valence-corrected chi connectivity index (χ1v) is 21.8. The molecule has 3 heteroatoms. The maximum Gasteiger partial charge on any atom is 0.0612 e. The molecule has 0 saturated heterocycles. The zero-order chi connectivity index (χ0) is 40.0. The number of nitrogens with zero attached hydrogens (tertiary/aromatic N) is 3. The van der Waals surface area contributed by atoms with Crippen molar-refractivity contribution in [3.8, 4) is 16.8 Å². The minimum absolute atomic E-state index is 0.00719. The summed E-state index contributed by atoms with van der Waals surface area (Å²) in [7, 11) is 0. The number of benzene rings is 4. The number of fused-ring (bicyclic) bond motifs is 9. The summed E-state index contributed by atoms with van der Waals surface area (Å²) in [5.74, 6) is 0.478. The number of pyridine rings is 1. The van der Waals surface area contributed by atoms with Crippen LogP contribution in [-0.2, 0) is 10.8 Å². The lowest BCUT2D eigenvalue weighted by Crippen LogP contribution is -2.26. The van der Waals surface area contributed by atoms with Crippen LogP contribution in [0.2, 0.25) is 0 Å². The van der Waals surface area contributed by atoms with Gasteiger partial charge in [0.25, 0.3) is 0 Å². The molecular formula is C56H51N3. The van der Waals surface area contributed by atoms with Gasteiger partial charge in [-0.3, -0.25) is 4.98 Å². The van der Waals surface area contributed by atoms with Crippen LogP contribution in [0.15, 0.2) is 167 Å². The Kier molecular flexibility index (Phi) is 7.17. The van der Waals surface area contributed by atoms with E-state index in [0.29, 0.717) is 5.92 Å². The highest BCUT2D eigenvalue weighted by atomic mass is 15.1. The Balaban J connectivity index is 0.979. The van der Waals surface area contributed by atoms with Gasteiger partial charge in [-0.2, -0.15) is 0 Å². The Morgan fingerprint density at radius 3 is 2.32 bits per heavy atom. The van der Waals surface area contributed by atoms with E-state index in [1.807, 2.05) is 0 Å². The molecule has 0 bridgehead atoms. The number of aromatic nitrogens is 2. The molecular weight excluding hydrogens is 715 g/mol. The SMILES string of the molecule is CC1(C)C2=C(CCC=C2)C2=C1C=C(N(c1ccc(-c3ccc4c(c3)c3cncc5c3n4-c3ccccc3C5(C)C)cc1)c1ccc3c(c1)C(C)(C)C1=CC=CCC13)CC2. The highest BCUT2D eigenvalue weighted by Crippen LogP contribution is 2.57. The van der Waals surface area contributed by atoms with E-state index in [9.17, 15) is 0 Å². The predicted molar refractivity (Wildman–Crippen MR) is 246 cm³/mol. The van der Waals surface area contributed by atoms with Crippen molar-refractivity contribution in [1.82, 2.24) is 9.55 Å². The van der Waals surface area contributed by atoms with Crippen molar-refractivity contribution in [2.24, 2.45) is 5.41 Å². The van der Waals surface area contributed by atoms with Gasteiger partial charge in [-0.25, -0.2) is 0 Å². The second-order valence-electron chi connectivity index (χ2n) is 19.4. The van der Waals surface area contributed by atoms with E-state index in [0.717, 1.165) is 25.7 Å². The van der Waals surface area contributed by atoms with Gasteiger partial charge in [0.05, 0.1) is 16.7 Å². The second kappa shape index (κ2) is 12.1. The van der Waals surface area contributed by atoms with Crippen molar-refractivity contribution < 1.29 is 0 Å². The van der Waals surface area contributed by atoms with Gasteiger partial charge in [-0.1, -0.05) is 120 Å². The lowest BCUT2D eigenvalue weighted by Gasteiger charge is -2.34. The van der Waals surface area contributed by atoms with Crippen LogP contribution in [0.4, 0.5) is 11.4 Å². The minimum atomic E-state index is -0.133. The van der Waals surface area contributed by atoms with Gasteiger partial charge < -0.3 is 9.47 Å². The Morgan fingerprint density at radius 2 is 1.46 bits per heavy atom. The zero-order valence-corrected chi connectivity index (χ0v) is 35.2. The van der Waals surface area contributed by atoms with Crippen molar-refractivity contribution in [1.29, 1.82) is 0 Å². The Bertz CT molecular complexity index is 3040. The van der Waals surface area contributed by atoms with Crippen molar-refractivity contribution in [3.05, 3.63) is 190 Å². The van der Waals surface area contributed by atoms with Crippen LogP contribution < -0.4 is 4.90 Å². The number of allylic oxidation sites excluding steroid dienone is 12. The van der Waals surface area contributed by atoms with Crippen LogP contribution >= 0.6 is 0 Å². The van der Waals surface area contributed by atoms with E-state index in [4.69, 9.17) is 4.98 Å². The van der Waals surface area contributed by atoms with Crippen molar-refractivity contribution in [2.45, 2.75) is 90.4 Å². The maximum atomic E-state index is 4.82. The molecule has 3 nitrogen and oxygen atoms in total. The number of para-hydroxylation sites is 1. The number of hydrogen-bond donors (Lipinski definition) is 0. The normalized spacial score (nSPS) is 21.2. The molecule has 0 N–H and O–H groups in total. The van der Waals surface area contributed by atoms with Gasteiger partial charge in [-0.15, -0.1) is 0 Å². The van der Waals surface area contributed by atoms with E-state index in [-0.39, 0.29) is 16.2 Å². The third-order valence-electron chi connectivity index (χ3n) is 15.3. The highest BCUT2D eigenvalue weighted by Gasteiger charge is 2.43. The molecule has 290 valence electrons. The zero-order valence-electron chi connectivity index (χ0n) is 35.2. The monoisotopic (exact) mass is 765 g/mol. The maximum absolute atomic E-state index is 4.82. The van der Waals surface area contributed by atoms with E-state index in [2.05, 4.69) is 185 Å². The molecule has 59 heavy (non-hydrogen) atoms. The summed E-state index contributed by atoms with van der Waals surface area (Å²) in [5, 5.41) is 2.47. The molecule has 1 atom stereocenters. The Labute approximate surface area is 348 Å². The van der Waals surface area contributed by atoms with Crippen LogP contribution in [0.5, 0.6) is 0 Å². The Hall–Kier alpha value is -5.93. The summed E-state index contributed by atoms with van der Waals surface area (Å²) in [6.07, 6.45) is 24.0. The first-order valence-electron chi connectivity index (χ1n) is 21.8. The molecule has 4 aromatic carbocycles. The molecule has 0 saturated carbocycles. The van der Waals surface area contributed by atoms with Gasteiger partial charge in [0, 0.05) is 68.0 Å². The molecule has 0 amide bonds. The van der Waals surface area contributed by atoms with Gasteiger partial charge in [-0.05, 0) is 131 Å². The largest absolute Gasteiger partial charge is 0.314 e. The number of hydrogen-bond acceptors (Lipinski definition) is 2. The average molecular weight is 766 g/mol. The Morgan fingerprint density at radius 1 is 0.661 bits per heavy atom. The van der Waals surface area contributed by atoms with Gasteiger partial charge in [0.2, 0.25) is 0 Å². The fraction of sp³-hybridized carbons (Fsp3) is 0.268. The molecule has 1 aliphatic heterocycles. The smallest absolute Gasteiger partial charge is 0.0612 e. The summed E-state index contributed by atoms with van der Waals surface area (Å²) in [6, 6.07) is 32.7. The average Bonchev–Trinajstić information content (AvgIpc) is 3.80. The van der Waals surface area contributed by atoms with Crippen LogP contribution in [0.25, 0.3) is 38.6 Å². The minimum Gasteiger partial charge on any atom is -0.314 e. The highest BCUT2D eigenvalue weighted by molar-refractivity contribution is 6.12. The molecule has 0 fully saturated rings. The van der Waals surface area contributed by atoms with Gasteiger partial charge in [0.1, 0.15) is 0 Å². The second-order valence-corrected chi connectivity index (χ2v) is 19.4. The first kappa shape index (κ1) is 35.1. The van der Waals surface area contributed by atoms with Crippen LogP contribution in [-0.4, -0.2) is 9.55 Å². The van der Waals surface area contributed by atoms with Crippen molar-refractivity contribution in [3.63, 3.8) is 0 Å². The fourth-order valence-corrected chi connectivity index (χ4v) is 12.2. The van der Waals surface area contributed by atoms with E-state index < -0.39 is 0 Å². The molecule has 1 unspecified atom stereocenters. The molecule has 6 aliphatic rings. The van der Waals surface area contributed by atoms with Crippen LogP contribution in [0.1, 0.15) is 102 Å². The lowest BCUT2D eigenvalue weighted by atomic mass is 9.75. The summed E-state index contributed by atoms with van der Waals surface area (Å²) in [6.45, 7) is 14.4. The summed E-state index contributed by atoms with van der Waals surface area (Å²) < 4.78 is 2.47. The topological polar surface area (TPSA) is 21.1 Å². The van der Waals surface area contributed by atoms with Gasteiger partial charge >= 0.3 is 0 Å². The van der Waals surface area contributed by atoms with Crippen LogP contribution in [0, 0.1) is 5.41 Å². The molecule has 0 radical (unpaired) electrons. The van der Waals surface area contributed by atoms with Crippen LogP contribution in [0.3, 0.4) is 0 Å². The predicted octanol–water partition coefficient (Wildman–Crippen LogP) is 14.5. The summed E-state index contributed by atoms with van der Waals surface area (Å²) in [5.41, 5.74) is 23.3. The molecule has 6 aromatic rings. The molecule has 5 aliphatic carbocycles. The molecule has 2 aromatic heterocycles. The fourth-order valence-electron chi connectivity index (χ4n) is 12.2. The molecule has 12 rings (SSSR count). The standard InChI is InChI=1S/C56H51N3/c1-54(2)45-15-9-7-13-39(45)41-26-24-37(30-48(41)54)58(38-25-27-42-40-14-8-10-16-46(40)55(3,4)49(42)31-38)36-22-19-34(20-23-36)35-21-28-51-43(29-35)44-32-57-33-50-53(44)59(51)52-18-12-11-17-47(52)56(50,5)6/h7,9-12,15-24,26,28-33,39H,8,13-14,25,27H2,1-6H3. The van der Waals surface area contributed by atoms with E-state index in [1.165, 1.54) is 95.5 Å².